The van der Waals surface area contributed by atoms with Gasteiger partial charge in [0.1, 0.15) is 5.75 Å². The molecule has 2 aromatic carbocycles. The molecule has 0 aromatic heterocycles. The molecule has 0 spiro atoms. The average molecular weight is 372 g/mol. The molecule has 142 valence electrons. The van der Waals surface area contributed by atoms with Gasteiger partial charge in [0.25, 0.3) is 5.91 Å². The topological polar surface area (TPSA) is 106 Å². The van der Waals surface area contributed by atoms with Gasteiger partial charge in [0.05, 0.1) is 26.0 Å². The number of carboxylic acid groups (broad SMARTS) is 1. The molecule has 0 heterocycles. The maximum absolute atomic E-state index is 12.3. The van der Waals surface area contributed by atoms with Crippen molar-refractivity contribution in [2.75, 3.05) is 14.2 Å². The number of aliphatic carboxylic acids is 1. The van der Waals surface area contributed by atoms with E-state index in [2.05, 4.69) is 10.5 Å². The van der Waals surface area contributed by atoms with E-state index < -0.39 is 18.0 Å². The summed E-state index contributed by atoms with van der Waals surface area (Å²) in [6, 6.07) is 11.7. The molecule has 0 aliphatic rings. The van der Waals surface area contributed by atoms with Crippen LogP contribution in [0.2, 0.25) is 0 Å². The normalized spacial score (nSPS) is 11.7. The first-order valence-corrected chi connectivity index (χ1v) is 8.00. The van der Waals surface area contributed by atoms with E-state index >= 15 is 0 Å². The molecule has 0 fully saturated rings. The summed E-state index contributed by atoms with van der Waals surface area (Å²) in [4.78, 5) is 23.3. The van der Waals surface area contributed by atoms with Crippen molar-refractivity contribution >= 4 is 18.1 Å². The molecule has 2 N–H and O–H groups in total. The summed E-state index contributed by atoms with van der Waals surface area (Å²) in [7, 11) is 2.91. The molecule has 8 nitrogen and oxygen atoms in total. The van der Waals surface area contributed by atoms with Crippen LogP contribution < -0.4 is 19.6 Å². The van der Waals surface area contributed by atoms with Gasteiger partial charge in [0.15, 0.2) is 17.6 Å². The second-order valence-electron chi connectivity index (χ2n) is 5.38. The molecule has 2 rings (SSSR count). The van der Waals surface area contributed by atoms with Gasteiger partial charge in [-0.05, 0) is 31.2 Å². The summed E-state index contributed by atoms with van der Waals surface area (Å²) < 4.78 is 15.8. The zero-order valence-electron chi connectivity index (χ0n) is 15.1. The van der Waals surface area contributed by atoms with E-state index in [1.807, 2.05) is 0 Å². The van der Waals surface area contributed by atoms with Gasteiger partial charge in [0.2, 0.25) is 0 Å². The first kappa shape index (κ1) is 19.8. The third-order valence-corrected chi connectivity index (χ3v) is 3.59. The Kier molecular flexibility index (Phi) is 6.76. The SMILES string of the molecule is COc1ccccc1C(=O)N/N=C\c1cccc(OC)c1O[C@@H](C)C(=O)O. The lowest BCUT2D eigenvalue weighted by molar-refractivity contribution is -0.144. The monoisotopic (exact) mass is 372 g/mol. The van der Waals surface area contributed by atoms with Crippen LogP contribution in [0.25, 0.3) is 0 Å². The summed E-state index contributed by atoms with van der Waals surface area (Å²) in [6.07, 6.45) is 0.261. The molecule has 0 aliphatic carbocycles. The summed E-state index contributed by atoms with van der Waals surface area (Å²) in [5, 5.41) is 13.0. The van der Waals surface area contributed by atoms with Crippen LogP contribution in [-0.2, 0) is 4.79 Å². The van der Waals surface area contributed by atoms with Crippen LogP contribution in [0, 0.1) is 0 Å². The Bertz CT molecular complexity index is 850. The number of para-hydroxylation sites is 2. The van der Waals surface area contributed by atoms with Gasteiger partial charge in [-0.15, -0.1) is 0 Å². The second kappa shape index (κ2) is 9.23. The lowest BCUT2D eigenvalue weighted by Gasteiger charge is -2.15. The van der Waals surface area contributed by atoms with Crippen LogP contribution in [-0.4, -0.2) is 43.5 Å². The van der Waals surface area contributed by atoms with E-state index in [4.69, 9.17) is 19.3 Å². The quantitative estimate of drug-likeness (QED) is 0.544. The van der Waals surface area contributed by atoms with Gasteiger partial charge in [-0.3, -0.25) is 4.79 Å². The van der Waals surface area contributed by atoms with E-state index in [0.29, 0.717) is 22.6 Å². The van der Waals surface area contributed by atoms with Crippen molar-refractivity contribution in [1.82, 2.24) is 5.43 Å². The van der Waals surface area contributed by atoms with Crippen LogP contribution in [0.15, 0.2) is 47.6 Å². The Labute approximate surface area is 156 Å². The second-order valence-corrected chi connectivity index (χ2v) is 5.38. The number of nitrogens with one attached hydrogen (secondary N) is 1. The Hall–Kier alpha value is -3.55. The van der Waals surface area contributed by atoms with Gasteiger partial charge >= 0.3 is 5.97 Å². The molecule has 0 aliphatic heterocycles. The number of carbonyl (C=O) groups excluding carboxylic acids is 1. The van der Waals surface area contributed by atoms with Crippen molar-refractivity contribution in [3.8, 4) is 17.2 Å². The number of hydrogen-bond acceptors (Lipinski definition) is 6. The molecular weight excluding hydrogens is 352 g/mol. The summed E-state index contributed by atoms with van der Waals surface area (Å²) in [5.74, 6) is -0.583. The molecule has 1 amide bonds. The number of rotatable bonds is 8. The fourth-order valence-electron chi connectivity index (χ4n) is 2.20. The van der Waals surface area contributed by atoms with Crippen LogP contribution in [0.1, 0.15) is 22.8 Å². The molecule has 27 heavy (non-hydrogen) atoms. The van der Waals surface area contributed by atoms with Crippen molar-refractivity contribution in [3.05, 3.63) is 53.6 Å². The van der Waals surface area contributed by atoms with E-state index in [1.54, 1.807) is 42.5 Å². The van der Waals surface area contributed by atoms with E-state index in [9.17, 15) is 9.59 Å². The van der Waals surface area contributed by atoms with Crippen molar-refractivity contribution in [2.45, 2.75) is 13.0 Å². The molecule has 0 saturated heterocycles. The predicted molar refractivity (Wildman–Crippen MR) is 98.8 cm³/mol. The largest absolute Gasteiger partial charge is 0.496 e. The third kappa shape index (κ3) is 4.97. The smallest absolute Gasteiger partial charge is 0.344 e. The minimum Gasteiger partial charge on any atom is -0.496 e. The van der Waals surface area contributed by atoms with Crippen LogP contribution in [0.4, 0.5) is 0 Å². The lowest BCUT2D eigenvalue weighted by atomic mass is 10.2. The number of ether oxygens (including phenoxy) is 3. The third-order valence-electron chi connectivity index (χ3n) is 3.59. The van der Waals surface area contributed by atoms with Crippen molar-refractivity contribution in [3.63, 3.8) is 0 Å². The van der Waals surface area contributed by atoms with Gasteiger partial charge in [-0.25, -0.2) is 10.2 Å². The van der Waals surface area contributed by atoms with E-state index in [1.165, 1.54) is 27.4 Å². The average Bonchev–Trinajstić information content (AvgIpc) is 2.68. The number of amides is 1. The molecule has 0 bridgehead atoms. The first-order valence-electron chi connectivity index (χ1n) is 8.00. The molecule has 2 aromatic rings. The summed E-state index contributed by atoms with van der Waals surface area (Å²) >= 11 is 0. The number of hydrazone groups is 1. The molecule has 0 unspecified atom stereocenters. The molecule has 0 saturated carbocycles. The Morgan fingerprint density at radius 1 is 1.07 bits per heavy atom. The Morgan fingerprint density at radius 2 is 1.74 bits per heavy atom. The minimum absolute atomic E-state index is 0.213. The molecule has 0 radical (unpaired) electrons. The van der Waals surface area contributed by atoms with Gasteiger partial charge < -0.3 is 19.3 Å². The highest BCUT2D eigenvalue weighted by Gasteiger charge is 2.18. The highest BCUT2D eigenvalue weighted by atomic mass is 16.5. The fraction of sp³-hybridized carbons (Fsp3) is 0.211. The summed E-state index contributed by atoms with van der Waals surface area (Å²) in [5.41, 5.74) is 3.18. The lowest BCUT2D eigenvalue weighted by Crippen LogP contribution is -2.24. The Morgan fingerprint density at radius 3 is 2.41 bits per heavy atom. The molecular formula is C19H20N2O6. The minimum atomic E-state index is -1.12. The maximum atomic E-state index is 12.3. The van der Waals surface area contributed by atoms with Crippen molar-refractivity contribution in [2.24, 2.45) is 5.10 Å². The van der Waals surface area contributed by atoms with E-state index in [-0.39, 0.29) is 5.75 Å². The van der Waals surface area contributed by atoms with Crippen molar-refractivity contribution in [1.29, 1.82) is 0 Å². The maximum Gasteiger partial charge on any atom is 0.344 e. The standard InChI is InChI=1S/C19H20N2O6/c1-12(19(23)24)27-17-13(7-6-10-16(17)26-3)11-20-21-18(22)14-8-4-5-9-15(14)25-2/h4-12H,1-3H3,(H,21,22)(H,23,24)/b20-11-/t12-/m0/s1. The predicted octanol–water partition coefficient (Wildman–Crippen LogP) is 2.32. The number of carbonyl (C=O) groups is 2. The molecule has 8 heteroatoms. The van der Waals surface area contributed by atoms with Crippen LogP contribution in [0.3, 0.4) is 0 Å². The fourth-order valence-corrected chi connectivity index (χ4v) is 2.20. The van der Waals surface area contributed by atoms with Gasteiger partial charge in [-0.2, -0.15) is 5.10 Å². The Balaban J connectivity index is 2.21. The van der Waals surface area contributed by atoms with Crippen LogP contribution >= 0.6 is 0 Å². The highest BCUT2D eigenvalue weighted by molar-refractivity contribution is 5.97. The zero-order chi connectivity index (χ0) is 19.8. The zero-order valence-corrected chi connectivity index (χ0v) is 15.1. The number of carboxylic acids is 1. The van der Waals surface area contributed by atoms with Crippen molar-refractivity contribution < 1.29 is 28.9 Å². The number of methoxy groups -OCH3 is 2. The number of hydrogen-bond donors (Lipinski definition) is 2. The first-order chi connectivity index (χ1) is 13.0. The summed E-state index contributed by atoms with van der Waals surface area (Å²) in [6.45, 7) is 1.40. The highest BCUT2D eigenvalue weighted by Crippen LogP contribution is 2.31. The number of benzene rings is 2. The molecule has 1 atom stereocenters. The van der Waals surface area contributed by atoms with Crippen LogP contribution in [0.5, 0.6) is 17.2 Å². The van der Waals surface area contributed by atoms with E-state index in [0.717, 1.165) is 0 Å². The van der Waals surface area contributed by atoms with Gasteiger partial charge in [-0.1, -0.05) is 18.2 Å². The number of nitrogens with zero attached hydrogens (tertiary/aromatic N) is 1. The van der Waals surface area contributed by atoms with Gasteiger partial charge in [0, 0.05) is 5.56 Å².